The molecule has 3 N–H and O–H groups in total. The van der Waals surface area contributed by atoms with E-state index in [9.17, 15) is 4.79 Å². The van der Waals surface area contributed by atoms with Crippen LogP contribution in [0, 0.1) is 0 Å². The van der Waals surface area contributed by atoms with Crippen LogP contribution in [0.2, 0.25) is 0 Å². The summed E-state index contributed by atoms with van der Waals surface area (Å²) < 4.78 is 10.8. The third-order valence-electron chi connectivity index (χ3n) is 3.71. The number of methoxy groups -OCH3 is 1. The van der Waals surface area contributed by atoms with Gasteiger partial charge in [-0.2, -0.15) is 0 Å². The number of carbonyl (C=O) groups is 1. The van der Waals surface area contributed by atoms with Crippen molar-refractivity contribution in [1.29, 1.82) is 0 Å². The van der Waals surface area contributed by atoms with Crippen LogP contribution in [0.15, 0.2) is 24.3 Å². The molecule has 0 aliphatic carbocycles. The number of para-hydroxylation sites is 1. The fourth-order valence-electron chi connectivity index (χ4n) is 2.59. The first kappa shape index (κ1) is 14.8. The van der Waals surface area contributed by atoms with Gasteiger partial charge in [0.15, 0.2) is 0 Å². The summed E-state index contributed by atoms with van der Waals surface area (Å²) >= 11 is 0. The van der Waals surface area contributed by atoms with Crippen molar-refractivity contribution >= 4 is 5.91 Å². The highest BCUT2D eigenvalue weighted by atomic mass is 16.5. The normalized spacial score (nSPS) is 23.6. The van der Waals surface area contributed by atoms with Crippen LogP contribution in [0.3, 0.4) is 0 Å². The molecule has 1 aromatic carbocycles. The molecule has 4 atom stereocenters. The largest absolute Gasteiger partial charge is 0.487 e. The second-order valence-electron chi connectivity index (χ2n) is 5.27. The van der Waals surface area contributed by atoms with E-state index in [1.807, 2.05) is 25.1 Å². The number of hydrogen-bond donors (Lipinski definition) is 2. The minimum absolute atomic E-state index is 0.0777. The molecular weight excluding hydrogens is 256 g/mol. The quantitative estimate of drug-likeness (QED) is 0.843. The zero-order valence-electron chi connectivity index (χ0n) is 12.1. The first-order chi connectivity index (χ1) is 9.54. The Kier molecular flexibility index (Phi) is 4.62. The first-order valence-corrected chi connectivity index (χ1v) is 6.85. The van der Waals surface area contributed by atoms with Crippen LogP contribution in [-0.4, -0.2) is 37.8 Å². The number of nitrogens with two attached hydrogens (primary N) is 1. The Balaban J connectivity index is 1.98. The number of nitrogens with one attached hydrogen (secondary N) is 1. The fraction of sp³-hybridized carbons (Fsp3) is 0.533. The first-order valence-electron chi connectivity index (χ1n) is 6.85. The smallest absolute Gasteiger partial charge is 0.239 e. The fourth-order valence-corrected chi connectivity index (χ4v) is 2.59. The molecule has 0 saturated carbocycles. The molecule has 0 aromatic heterocycles. The Hall–Kier alpha value is -1.59. The summed E-state index contributed by atoms with van der Waals surface area (Å²) in [5.41, 5.74) is 6.90. The molecule has 20 heavy (non-hydrogen) atoms. The summed E-state index contributed by atoms with van der Waals surface area (Å²) in [6.45, 7) is 4.25. The van der Waals surface area contributed by atoms with Gasteiger partial charge in [0.25, 0.3) is 0 Å². The van der Waals surface area contributed by atoms with Gasteiger partial charge < -0.3 is 20.5 Å². The average molecular weight is 278 g/mol. The van der Waals surface area contributed by atoms with Crippen molar-refractivity contribution in [2.45, 2.75) is 38.0 Å². The van der Waals surface area contributed by atoms with E-state index in [2.05, 4.69) is 18.3 Å². The zero-order chi connectivity index (χ0) is 14.7. The van der Waals surface area contributed by atoms with Crippen LogP contribution >= 0.6 is 0 Å². The van der Waals surface area contributed by atoms with E-state index in [1.165, 1.54) is 12.7 Å². The van der Waals surface area contributed by atoms with Crippen LogP contribution in [0.1, 0.15) is 25.3 Å². The maximum absolute atomic E-state index is 11.9. The number of amides is 1. The summed E-state index contributed by atoms with van der Waals surface area (Å²) in [4.78, 5) is 11.9. The van der Waals surface area contributed by atoms with Gasteiger partial charge in [-0.05, 0) is 13.0 Å². The number of carbonyl (C=O) groups excluding carboxylic acids is 1. The number of benzene rings is 1. The highest BCUT2D eigenvalue weighted by Gasteiger charge is 2.35. The van der Waals surface area contributed by atoms with Crippen LogP contribution < -0.4 is 15.8 Å². The van der Waals surface area contributed by atoms with Gasteiger partial charge in [-0.25, -0.2) is 0 Å². The molecule has 2 rings (SSSR count). The molecule has 1 aliphatic heterocycles. The van der Waals surface area contributed by atoms with Crippen LogP contribution in [-0.2, 0) is 9.53 Å². The second-order valence-corrected chi connectivity index (χ2v) is 5.27. The maximum Gasteiger partial charge on any atom is 0.239 e. The maximum atomic E-state index is 11.9. The topological polar surface area (TPSA) is 73.6 Å². The lowest BCUT2D eigenvalue weighted by Gasteiger charge is -2.25. The van der Waals surface area contributed by atoms with Gasteiger partial charge in [0, 0.05) is 18.6 Å². The third-order valence-corrected chi connectivity index (χ3v) is 3.71. The number of hydrogen-bond acceptors (Lipinski definition) is 4. The molecule has 5 nitrogen and oxygen atoms in total. The van der Waals surface area contributed by atoms with E-state index in [1.54, 1.807) is 0 Å². The molecule has 0 unspecified atom stereocenters. The predicted octanol–water partition coefficient (Wildman–Crippen LogP) is 1.03. The minimum atomic E-state index is -0.651. The van der Waals surface area contributed by atoms with Crippen molar-refractivity contribution in [3.63, 3.8) is 0 Å². The molecule has 1 amide bonds. The summed E-state index contributed by atoms with van der Waals surface area (Å²) in [6, 6.07) is 7.20. The molecule has 5 heteroatoms. The van der Waals surface area contributed by atoms with Crippen molar-refractivity contribution < 1.29 is 14.3 Å². The molecule has 1 heterocycles. The summed E-state index contributed by atoms with van der Waals surface area (Å²) in [5, 5.41) is 2.90. The molecule has 110 valence electrons. The van der Waals surface area contributed by atoms with Gasteiger partial charge in [0.05, 0.1) is 12.6 Å². The highest BCUT2D eigenvalue weighted by Crippen LogP contribution is 2.38. The predicted molar refractivity (Wildman–Crippen MR) is 76.7 cm³/mol. The summed E-state index contributed by atoms with van der Waals surface area (Å²) in [7, 11) is 1.52. The van der Waals surface area contributed by atoms with Crippen molar-refractivity contribution in [2.24, 2.45) is 5.73 Å². The van der Waals surface area contributed by atoms with Crippen molar-refractivity contribution in [1.82, 2.24) is 5.32 Å². The Morgan fingerprint density at radius 3 is 2.85 bits per heavy atom. The van der Waals surface area contributed by atoms with Crippen molar-refractivity contribution in [3.05, 3.63) is 29.8 Å². The highest BCUT2D eigenvalue weighted by molar-refractivity contribution is 5.82. The molecule has 0 saturated heterocycles. The molecule has 0 bridgehead atoms. The van der Waals surface area contributed by atoms with Crippen molar-refractivity contribution in [2.75, 3.05) is 13.7 Å². The van der Waals surface area contributed by atoms with E-state index < -0.39 is 6.04 Å². The summed E-state index contributed by atoms with van der Waals surface area (Å²) in [5.74, 6) is 0.915. The van der Waals surface area contributed by atoms with Gasteiger partial charge in [-0.1, -0.05) is 25.1 Å². The monoisotopic (exact) mass is 278 g/mol. The van der Waals surface area contributed by atoms with Gasteiger partial charge in [-0.3, -0.25) is 4.79 Å². The average Bonchev–Trinajstić information content (AvgIpc) is 2.77. The van der Waals surface area contributed by atoms with E-state index >= 15 is 0 Å². The lowest BCUT2D eigenvalue weighted by atomic mass is 9.93. The number of ether oxygens (including phenoxy) is 2. The van der Waals surface area contributed by atoms with Gasteiger partial charge in [-0.15, -0.1) is 0 Å². The Labute approximate surface area is 119 Å². The van der Waals surface area contributed by atoms with Gasteiger partial charge >= 0.3 is 0 Å². The van der Waals surface area contributed by atoms with Crippen molar-refractivity contribution in [3.8, 4) is 5.75 Å². The van der Waals surface area contributed by atoms with Gasteiger partial charge in [0.2, 0.25) is 5.91 Å². The molecule has 0 spiro atoms. The summed E-state index contributed by atoms with van der Waals surface area (Å²) in [6.07, 6.45) is -0.0777. The molecular formula is C15H22N2O3. The Morgan fingerprint density at radius 1 is 1.50 bits per heavy atom. The molecule has 0 fully saturated rings. The molecule has 1 aliphatic rings. The Bertz CT molecular complexity index is 478. The zero-order valence-corrected chi connectivity index (χ0v) is 12.1. The van der Waals surface area contributed by atoms with E-state index in [-0.39, 0.29) is 30.6 Å². The SMILES string of the molecule is COC[C@H](N)C(=O)N[C@H](C)[C@@H]1Oc2ccccc2[C@H]1C. The lowest BCUT2D eigenvalue weighted by Crippen LogP contribution is -2.51. The molecule has 0 radical (unpaired) electrons. The van der Waals surface area contributed by atoms with E-state index in [0.717, 1.165) is 5.75 Å². The van der Waals surface area contributed by atoms with Crippen LogP contribution in [0.5, 0.6) is 5.75 Å². The number of fused-ring (bicyclic) bond motifs is 1. The third kappa shape index (κ3) is 2.94. The Morgan fingerprint density at radius 2 is 2.20 bits per heavy atom. The van der Waals surface area contributed by atoms with Crippen LogP contribution in [0.4, 0.5) is 0 Å². The standard InChI is InChI=1S/C15H22N2O3/c1-9-11-6-4-5-7-13(11)20-14(9)10(2)17-15(18)12(16)8-19-3/h4-7,9-10,12,14H,8,16H2,1-3H3,(H,17,18)/t9-,10-,12+,14-/m1/s1. The second kappa shape index (κ2) is 6.24. The molecule has 1 aromatic rings. The van der Waals surface area contributed by atoms with E-state index in [0.29, 0.717) is 0 Å². The van der Waals surface area contributed by atoms with Gasteiger partial charge in [0.1, 0.15) is 17.9 Å². The number of rotatable bonds is 5. The van der Waals surface area contributed by atoms with Crippen LogP contribution in [0.25, 0.3) is 0 Å². The minimum Gasteiger partial charge on any atom is -0.487 e. The van der Waals surface area contributed by atoms with E-state index in [4.69, 9.17) is 15.2 Å². The lowest BCUT2D eigenvalue weighted by molar-refractivity contribution is -0.124.